The summed E-state index contributed by atoms with van der Waals surface area (Å²) in [6.07, 6.45) is 0. The second-order valence-corrected chi connectivity index (χ2v) is 8.09. The monoisotopic (exact) mass is 476 g/mol. The lowest BCUT2D eigenvalue weighted by atomic mass is 10.2. The van der Waals surface area contributed by atoms with Crippen LogP contribution in [-0.4, -0.2) is 39.3 Å². The number of aromatic nitrogens is 3. The summed E-state index contributed by atoms with van der Waals surface area (Å²) >= 11 is 1.23. The number of amides is 1. The zero-order chi connectivity index (χ0) is 23.9. The van der Waals surface area contributed by atoms with Crippen molar-refractivity contribution in [1.29, 1.82) is 0 Å². The minimum absolute atomic E-state index is 0.00852. The molecule has 4 aromatic rings. The first-order valence-electron chi connectivity index (χ1n) is 10.4. The van der Waals surface area contributed by atoms with Gasteiger partial charge in [0.1, 0.15) is 11.6 Å². The Hall–Kier alpha value is -3.98. The fourth-order valence-corrected chi connectivity index (χ4v) is 4.16. The van der Waals surface area contributed by atoms with Gasteiger partial charge in [-0.05, 0) is 24.3 Å². The maximum Gasteiger partial charge on any atom is 0.254 e. The third-order valence-electron chi connectivity index (χ3n) is 4.98. The Bertz CT molecular complexity index is 1310. The lowest BCUT2D eigenvalue weighted by molar-refractivity contribution is 0.0944. The van der Waals surface area contributed by atoms with Gasteiger partial charge >= 0.3 is 0 Å². The van der Waals surface area contributed by atoms with Gasteiger partial charge in [-0.1, -0.05) is 66.4 Å². The van der Waals surface area contributed by atoms with Crippen LogP contribution in [0.5, 0.6) is 5.75 Å². The summed E-state index contributed by atoms with van der Waals surface area (Å²) < 4.78 is 21.2. The summed E-state index contributed by atoms with van der Waals surface area (Å²) in [7, 11) is 1.55. The number of carbonyl (C=O) groups excluding carboxylic acids is 2. The molecule has 0 aliphatic heterocycles. The molecule has 3 aromatic carbocycles. The first-order valence-corrected chi connectivity index (χ1v) is 11.4. The Kier molecular flexibility index (Phi) is 7.34. The highest BCUT2D eigenvalue weighted by atomic mass is 32.2. The Morgan fingerprint density at radius 2 is 1.68 bits per heavy atom. The molecule has 4 rings (SSSR count). The summed E-state index contributed by atoms with van der Waals surface area (Å²) in [5, 5.41) is 11.6. The molecule has 1 amide bonds. The van der Waals surface area contributed by atoms with Crippen LogP contribution in [0, 0.1) is 5.82 Å². The molecule has 0 aliphatic rings. The maximum atomic E-state index is 14.0. The number of rotatable bonds is 9. The lowest BCUT2D eigenvalue weighted by Gasteiger charge is -2.14. The van der Waals surface area contributed by atoms with E-state index in [1.54, 1.807) is 35.9 Å². The minimum atomic E-state index is -0.609. The molecule has 0 unspecified atom stereocenters. The number of nitrogens with one attached hydrogen (secondary N) is 1. The van der Waals surface area contributed by atoms with Crippen LogP contribution in [0.25, 0.3) is 5.69 Å². The van der Waals surface area contributed by atoms with Gasteiger partial charge in [0.25, 0.3) is 5.91 Å². The van der Waals surface area contributed by atoms with Crippen molar-refractivity contribution in [2.45, 2.75) is 11.7 Å². The molecule has 9 heteroatoms. The van der Waals surface area contributed by atoms with Gasteiger partial charge in [0, 0.05) is 5.56 Å². The van der Waals surface area contributed by atoms with E-state index in [-0.39, 0.29) is 23.6 Å². The number of hydrogen-bond donors (Lipinski definition) is 1. The molecule has 34 heavy (non-hydrogen) atoms. The van der Waals surface area contributed by atoms with Gasteiger partial charge in [0.2, 0.25) is 0 Å². The summed E-state index contributed by atoms with van der Waals surface area (Å²) in [4.78, 5) is 25.1. The number of nitrogens with zero attached hydrogens (tertiary/aromatic N) is 3. The first-order chi connectivity index (χ1) is 16.6. The molecule has 0 saturated heterocycles. The molecule has 0 bridgehead atoms. The summed E-state index contributed by atoms with van der Waals surface area (Å²) in [5.41, 5.74) is 1.20. The topological polar surface area (TPSA) is 86.1 Å². The van der Waals surface area contributed by atoms with Crippen molar-refractivity contribution in [3.63, 3.8) is 0 Å². The first kappa shape index (κ1) is 23.2. The number of benzene rings is 3. The third kappa shape index (κ3) is 5.15. The minimum Gasteiger partial charge on any atom is -0.495 e. The molecular formula is C25H21FN4O3S. The van der Waals surface area contributed by atoms with Gasteiger partial charge < -0.3 is 10.1 Å². The van der Waals surface area contributed by atoms with Crippen molar-refractivity contribution in [1.82, 2.24) is 20.1 Å². The van der Waals surface area contributed by atoms with Crippen LogP contribution in [0.1, 0.15) is 26.5 Å². The van der Waals surface area contributed by atoms with Gasteiger partial charge in [-0.25, -0.2) is 4.39 Å². The Labute approximate surface area is 200 Å². The molecule has 172 valence electrons. The molecule has 0 spiro atoms. The zero-order valence-corrected chi connectivity index (χ0v) is 19.1. The number of para-hydroxylation sites is 2. The highest BCUT2D eigenvalue weighted by Crippen LogP contribution is 2.29. The van der Waals surface area contributed by atoms with Crippen LogP contribution in [-0.2, 0) is 6.54 Å². The van der Waals surface area contributed by atoms with Crippen molar-refractivity contribution >= 4 is 23.5 Å². The van der Waals surface area contributed by atoms with Gasteiger partial charge in [0.15, 0.2) is 16.8 Å². The number of ether oxygens (including phenoxy) is 1. The molecule has 7 nitrogen and oxygen atoms in total. The number of thioether (sulfide) groups is 1. The van der Waals surface area contributed by atoms with Crippen LogP contribution in [0.3, 0.4) is 0 Å². The molecule has 1 heterocycles. The highest BCUT2D eigenvalue weighted by molar-refractivity contribution is 7.99. The summed E-state index contributed by atoms with van der Waals surface area (Å²) in [6, 6.07) is 22.0. The summed E-state index contributed by atoms with van der Waals surface area (Å²) in [6.45, 7) is -0.00852. The Morgan fingerprint density at radius 1 is 0.971 bits per heavy atom. The van der Waals surface area contributed by atoms with E-state index in [9.17, 15) is 14.0 Å². The smallest absolute Gasteiger partial charge is 0.254 e. The maximum absolute atomic E-state index is 14.0. The van der Waals surface area contributed by atoms with E-state index in [2.05, 4.69) is 15.5 Å². The average molecular weight is 477 g/mol. The predicted octanol–water partition coefficient (Wildman–Crippen LogP) is 4.32. The number of ketones is 1. The molecule has 0 radical (unpaired) electrons. The van der Waals surface area contributed by atoms with Gasteiger partial charge in [0.05, 0.1) is 30.7 Å². The average Bonchev–Trinajstić information content (AvgIpc) is 3.29. The lowest BCUT2D eigenvalue weighted by Crippen LogP contribution is -2.25. The van der Waals surface area contributed by atoms with Crippen LogP contribution in [0.15, 0.2) is 84.0 Å². The van der Waals surface area contributed by atoms with E-state index in [0.29, 0.717) is 28.0 Å². The van der Waals surface area contributed by atoms with Crippen molar-refractivity contribution in [3.8, 4) is 11.4 Å². The van der Waals surface area contributed by atoms with Crippen molar-refractivity contribution in [2.24, 2.45) is 0 Å². The van der Waals surface area contributed by atoms with Gasteiger partial charge in [-0.15, -0.1) is 10.2 Å². The standard InChI is InChI=1S/C25H21FN4O3S/c1-33-22-14-8-7-13-20(22)30-23(15-27-24(32)18-11-5-6-12-19(18)26)28-29-25(30)34-16-21(31)17-9-3-2-4-10-17/h2-14H,15-16H2,1H3,(H,27,32). The van der Waals surface area contributed by atoms with Crippen molar-refractivity contribution in [2.75, 3.05) is 12.9 Å². The molecule has 1 aromatic heterocycles. The van der Waals surface area contributed by atoms with Gasteiger partial charge in [-0.2, -0.15) is 0 Å². The van der Waals surface area contributed by atoms with Crippen molar-refractivity contribution < 1.29 is 18.7 Å². The molecule has 1 N–H and O–H groups in total. The number of hydrogen-bond acceptors (Lipinski definition) is 6. The third-order valence-corrected chi connectivity index (χ3v) is 5.91. The molecular weight excluding hydrogens is 455 g/mol. The van der Waals surface area contributed by atoms with E-state index in [1.807, 2.05) is 36.4 Å². The Morgan fingerprint density at radius 3 is 2.44 bits per heavy atom. The predicted molar refractivity (Wildman–Crippen MR) is 127 cm³/mol. The van der Waals surface area contributed by atoms with E-state index >= 15 is 0 Å². The molecule has 0 atom stereocenters. The SMILES string of the molecule is COc1ccccc1-n1c(CNC(=O)c2ccccc2F)nnc1SCC(=O)c1ccccc1. The van der Waals surface area contributed by atoms with E-state index in [4.69, 9.17) is 4.74 Å². The van der Waals surface area contributed by atoms with Crippen molar-refractivity contribution in [3.05, 3.63) is 102 Å². The summed E-state index contributed by atoms with van der Waals surface area (Å²) in [5.74, 6) is -0.0968. The number of methoxy groups -OCH3 is 1. The largest absolute Gasteiger partial charge is 0.495 e. The van der Waals surface area contributed by atoms with Crippen LogP contribution >= 0.6 is 11.8 Å². The number of Topliss-reactive ketones (excluding diaryl/α,β-unsaturated/α-hetero) is 1. The van der Waals surface area contributed by atoms with Gasteiger partial charge in [-0.3, -0.25) is 14.2 Å². The molecule has 0 fully saturated rings. The zero-order valence-electron chi connectivity index (χ0n) is 18.3. The molecule has 0 aliphatic carbocycles. The van der Waals surface area contributed by atoms with E-state index in [1.165, 1.54) is 30.0 Å². The highest BCUT2D eigenvalue weighted by Gasteiger charge is 2.20. The number of carbonyl (C=O) groups is 2. The van der Waals surface area contributed by atoms with Crippen LogP contribution < -0.4 is 10.1 Å². The van der Waals surface area contributed by atoms with E-state index < -0.39 is 11.7 Å². The molecule has 0 saturated carbocycles. The second kappa shape index (κ2) is 10.8. The second-order valence-electron chi connectivity index (χ2n) is 7.15. The fraction of sp³-hybridized carbons (Fsp3) is 0.120. The van der Waals surface area contributed by atoms with Crippen LogP contribution in [0.2, 0.25) is 0 Å². The fourth-order valence-electron chi connectivity index (χ4n) is 3.30. The van der Waals surface area contributed by atoms with Crippen LogP contribution in [0.4, 0.5) is 4.39 Å². The number of halogens is 1. The quantitative estimate of drug-likeness (QED) is 0.286. The van der Waals surface area contributed by atoms with E-state index in [0.717, 1.165) is 0 Å². The Balaban J connectivity index is 1.60. The normalized spacial score (nSPS) is 10.6.